The Bertz CT molecular complexity index is 1210. The number of carbonyl (C=O) groups excluding carboxylic acids is 2. The molecule has 39 heavy (non-hydrogen) atoms. The summed E-state index contributed by atoms with van der Waals surface area (Å²) in [7, 11) is 0. The van der Waals surface area contributed by atoms with Crippen LogP contribution in [-0.2, 0) is 34.4 Å². The lowest BCUT2D eigenvalue weighted by molar-refractivity contribution is -0.141. The third-order valence-corrected chi connectivity index (χ3v) is 7.50. The number of nitrogens with one attached hydrogen (secondary N) is 1. The number of hydrogen-bond donors (Lipinski definition) is 1. The molecule has 6 heteroatoms. The van der Waals surface area contributed by atoms with E-state index in [0.29, 0.717) is 35.0 Å². The first-order valence-corrected chi connectivity index (χ1v) is 14.3. The fourth-order valence-corrected chi connectivity index (χ4v) is 4.91. The molecule has 0 saturated heterocycles. The van der Waals surface area contributed by atoms with E-state index in [1.54, 1.807) is 23.1 Å². The number of nitrogens with zero attached hydrogens (tertiary/aromatic N) is 1. The van der Waals surface area contributed by atoms with E-state index in [-0.39, 0.29) is 36.1 Å². The van der Waals surface area contributed by atoms with Crippen molar-refractivity contribution >= 4 is 35.0 Å². The van der Waals surface area contributed by atoms with E-state index in [4.69, 9.17) is 23.2 Å². The average molecular weight is 568 g/mol. The van der Waals surface area contributed by atoms with Crippen molar-refractivity contribution in [1.82, 2.24) is 10.2 Å². The van der Waals surface area contributed by atoms with Gasteiger partial charge in [0, 0.05) is 41.5 Å². The van der Waals surface area contributed by atoms with Gasteiger partial charge in [-0.1, -0.05) is 118 Å². The lowest BCUT2D eigenvalue weighted by Gasteiger charge is -2.32. The number of amides is 2. The molecule has 0 aliphatic carbocycles. The minimum atomic E-state index is -0.714. The Morgan fingerprint density at radius 2 is 1.46 bits per heavy atom. The third-order valence-electron chi connectivity index (χ3n) is 6.79. The number of hydrogen-bond acceptors (Lipinski definition) is 2. The van der Waals surface area contributed by atoms with Gasteiger partial charge in [-0.05, 0) is 46.6 Å². The monoisotopic (exact) mass is 566 g/mol. The highest BCUT2D eigenvalue weighted by atomic mass is 35.5. The second-order valence-corrected chi connectivity index (χ2v) is 12.3. The van der Waals surface area contributed by atoms with Crippen molar-refractivity contribution in [3.8, 4) is 0 Å². The summed E-state index contributed by atoms with van der Waals surface area (Å²) < 4.78 is 0. The topological polar surface area (TPSA) is 49.4 Å². The molecule has 0 bridgehead atoms. The first-order valence-electron chi connectivity index (χ1n) is 13.6. The summed E-state index contributed by atoms with van der Waals surface area (Å²) in [6.07, 6.45) is 1.22. The Morgan fingerprint density at radius 1 is 0.846 bits per heavy atom. The van der Waals surface area contributed by atoms with Gasteiger partial charge in [0.25, 0.3) is 0 Å². The zero-order valence-corrected chi connectivity index (χ0v) is 25.1. The van der Waals surface area contributed by atoms with E-state index in [1.807, 2.05) is 44.2 Å². The average Bonchev–Trinajstić information content (AvgIpc) is 2.89. The first-order chi connectivity index (χ1) is 18.5. The van der Waals surface area contributed by atoms with Crippen LogP contribution in [0, 0.1) is 5.92 Å². The van der Waals surface area contributed by atoms with E-state index in [2.05, 4.69) is 50.4 Å². The molecule has 208 valence electrons. The van der Waals surface area contributed by atoms with Gasteiger partial charge < -0.3 is 10.2 Å². The van der Waals surface area contributed by atoms with Gasteiger partial charge in [0.15, 0.2) is 0 Å². The molecule has 1 unspecified atom stereocenters. The van der Waals surface area contributed by atoms with Crippen LogP contribution >= 0.6 is 23.2 Å². The standard InChI is InChI=1S/C33H40Cl2N2O2/c1-23(2)21-36-32(39)30(20-25-10-7-6-8-11-25)37(22-27-28(34)12-9-13-29(27)35)31(38)19-16-24-14-17-26(18-15-24)33(3,4)5/h6-15,17-18,23,30H,16,19-22H2,1-5H3,(H,36,39). The molecule has 0 radical (unpaired) electrons. The molecule has 3 rings (SSSR count). The van der Waals surface area contributed by atoms with Crippen molar-refractivity contribution in [2.45, 2.75) is 71.9 Å². The smallest absolute Gasteiger partial charge is 0.243 e. The Balaban J connectivity index is 1.92. The summed E-state index contributed by atoms with van der Waals surface area (Å²) >= 11 is 13.1. The van der Waals surface area contributed by atoms with Crippen LogP contribution in [0.25, 0.3) is 0 Å². The molecule has 2 amide bonds. The molecule has 0 saturated carbocycles. The second-order valence-electron chi connectivity index (χ2n) is 11.5. The number of rotatable bonds is 11. The molecule has 3 aromatic carbocycles. The minimum Gasteiger partial charge on any atom is -0.354 e. The van der Waals surface area contributed by atoms with Gasteiger partial charge in [-0.3, -0.25) is 9.59 Å². The van der Waals surface area contributed by atoms with Crippen molar-refractivity contribution in [3.05, 3.63) is 105 Å². The van der Waals surface area contributed by atoms with Gasteiger partial charge in [0.05, 0.1) is 0 Å². The number of benzene rings is 3. The Labute approximate surface area is 243 Å². The van der Waals surface area contributed by atoms with Gasteiger partial charge in [-0.25, -0.2) is 0 Å². The predicted molar refractivity (Wildman–Crippen MR) is 162 cm³/mol. The Hall–Kier alpha value is -2.82. The van der Waals surface area contributed by atoms with Crippen LogP contribution in [0.15, 0.2) is 72.8 Å². The van der Waals surface area contributed by atoms with Crippen molar-refractivity contribution in [2.75, 3.05) is 6.54 Å². The first kappa shape index (κ1) is 30.7. The summed E-state index contributed by atoms with van der Waals surface area (Å²) in [6, 6.07) is 22.8. The molecule has 1 atom stereocenters. The highest BCUT2D eigenvalue weighted by Gasteiger charge is 2.31. The maximum Gasteiger partial charge on any atom is 0.243 e. The van der Waals surface area contributed by atoms with Gasteiger partial charge >= 0.3 is 0 Å². The molecular formula is C33H40Cl2N2O2. The van der Waals surface area contributed by atoms with E-state index < -0.39 is 6.04 Å². The van der Waals surface area contributed by atoms with Gasteiger partial charge in [-0.2, -0.15) is 0 Å². The van der Waals surface area contributed by atoms with Crippen LogP contribution in [0.3, 0.4) is 0 Å². The lowest BCUT2D eigenvalue weighted by Crippen LogP contribution is -2.51. The van der Waals surface area contributed by atoms with Crippen LogP contribution in [-0.4, -0.2) is 29.3 Å². The Kier molecular flexibility index (Phi) is 11.0. The number of halogens is 2. The van der Waals surface area contributed by atoms with E-state index in [1.165, 1.54) is 5.56 Å². The summed E-state index contributed by atoms with van der Waals surface area (Å²) in [5, 5.41) is 3.99. The molecule has 0 aromatic heterocycles. The van der Waals surface area contributed by atoms with E-state index >= 15 is 0 Å². The normalized spacial score (nSPS) is 12.3. The Morgan fingerprint density at radius 3 is 2.03 bits per heavy atom. The van der Waals surface area contributed by atoms with Gasteiger partial charge in [0.2, 0.25) is 11.8 Å². The minimum absolute atomic E-state index is 0.0629. The maximum absolute atomic E-state index is 13.9. The summed E-state index contributed by atoms with van der Waals surface area (Å²) in [5.74, 6) is -0.0188. The highest BCUT2D eigenvalue weighted by Crippen LogP contribution is 2.28. The van der Waals surface area contributed by atoms with Crippen LogP contribution in [0.2, 0.25) is 10.0 Å². The highest BCUT2D eigenvalue weighted by molar-refractivity contribution is 6.36. The number of carbonyl (C=O) groups is 2. The lowest BCUT2D eigenvalue weighted by atomic mass is 9.86. The van der Waals surface area contributed by atoms with Crippen LogP contribution in [0.4, 0.5) is 0 Å². The summed E-state index contributed by atoms with van der Waals surface area (Å²) in [5.41, 5.74) is 4.00. The van der Waals surface area contributed by atoms with E-state index in [0.717, 1.165) is 11.1 Å². The summed E-state index contributed by atoms with van der Waals surface area (Å²) in [6.45, 7) is 11.3. The fraction of sp³-hybridized carbons (Fsp3) is 0.394. The van der Waals surface area contributed by atoms with E-state index in [9.17, 15) is 9.59 Å². The predicted octanol–water partition coefficient (Wildman–Crippen LogP) is 7.64. The zero-order valence-electron chi connectivity index (χ0n) is 23.6. The molecule has 0 spiro atoms. The van der Waals surface area contributed by atoms with Crippen LogP contribution in [0.1, 0.15) is 63.3 Å². The van der Waals surface area contributed by atoms with Gasteiger partial charge in [0.1, 0.15) is 6.04 Å². The molecule has 1 N–H and O–H groups in total. The molecular weight excluding hydrogens is 527 g/mol. The molecule has 0 heterocycles. The summed E-state index contributed by atoms with van der Waals surface area (Å²) in [4.78, 5) is 29.1. The van der Waals surface area contributed by atoms with Crippen LogP contribution < -0.4 is 5.32 Å². The molecule has 4 nitrogen and oxygen atoms in total. The van der Waals surface area contributed by atoms with Crippen molar-refractivity contribution in [3.63, 3.8) is 0 Å². The van der Waals surface area contributed by atoms with Crippen LogP contribution in [0.5, 0.6) is 0 Å². The van der Waals surface area contributed by atoms with Gasteiger partial charge in [-0.15, -0.1) is 0 Å². The van der Waals surface area contributed by atoms with Crippen molar-refractivity contribution in [2.24, 2.45) is 5.92 Å². The quantitative estimate of drug-likeness (QED) is 0.259. The number of aryl methyl sites for hydroxylation is 1. The largest absolute Gasteiger partial charge is 0.354 e. The molecule has 0 aliphatic heterocycles. The molecule has 0 aliphatic rings. The van der Waals surface area contributed by atoms with Crippen molar-refractivity contribution in [1.29, 1.82) is 0 Å². The second kappa shape index (κ2) is 14.0. The SMILES string of the molecule is CC(C)CNC(=O)C(Cc1ccccc1)N(Cc1c(Cl)cccc1Cl)C(=O)CCc1ccc(C(C)(C)C)cc1. The zero-order chi connectivity index (χ0) is 28.6. The fourth-order valence-electron chi connectivity index (χ4n) is 4.40. The molecule has 3 aromatic rings. The van der Waals surface area contributed by atoms with Crippen molar-refractivity contribution < 1.29 is 9.59 Å². The third kappa shape index (κ3) is 9.12. The maximum atomic E-state index is 13.9. The molecule has 0 fully saturated rings.